The summed E-state index contributed by atoms with van der Waals surface area (Å²) in [6.45, 7) is 6.15. The molecule has 1 saturated heterocycles. The number of aromatic nitrogens is 1. The van der Waals surface area contributed by atoms with Crippen LogP contribution in [0, 0.1) is 6.92 Å². The van der Waals surface area contributed by atoms with Crippen LogP contribution in [-0.4, -0.2) is 22.5 Å². The molecule has 0 spiro atoms. The van der Waals surface area contributed by atoms with Gasteiger partial charge in [-0.3, -0.25) is 4.79 Å². The molecule has 1 aromatic rings. The summed E-state index contributed by atoms with van der Waals surface area (Å²) < 4.78 is 5.19. The fourth-order valence-electron chi connectivity index (χ4n) is 1.98. The molecule has 0 saturated carbocycles. The van der Waals surface area contributed by atoms with E-state index in [0.29, 0.717) is 0 Å². The van der Waals surface area contributed by atoms with E-state index in [2.05, 4.69) is 11.7 Å². The summed E-state index contributed by atoms with van der Waals surface area (Å²) in [6, 6.07) is 1.93. The van der Waals surface area contributed by atoms with E-state index in [1.54, 1.807) is 4.90 Å². The highest BCUT2D eigenvalue weighted by Crippen LogP contribution is 2.32. The number of aryl methyl sites for hydroxylation is 1. The molecule has 1 unspecified atom stereocenters. The smallest absolute Gasteiger partial charge is 0.246 e. The summed E-state index contributed by atoms with van der Waals surface area (Å²) in [5, 5.41) is 3.84. The molecular formula is C11H14N2O2. The molecule has 1 aliphatic rings. The molecule has 0 bridgehead atoms. The molecule has 80 valence electrons. The van der Waals surface area contributed by atoms with Gasteiger partial charge in [-0.25, -0.2) is 0 Å². The van der Waals surface area contributed by atoms with Gasteiger partial charge in [0.05, 0.1) is 11.7 Å². The Hall–Kier alpha value is -1.58. The molecule has 1 atom stereocenters. The molecule has 1 fully saturated rings. The van der Waals surface area contributed by atoms with Crippen molar-refractivity contribution in [2.24, 2.45) is 0 Å². The van der Waals surface area contributed by atoms with Gasteiger partial charge in [0.15, 0.2) is 5.76 Å². The zero-order chi connectivity index (χ0) is 10.8. The SMILES string of the molecule is C=CC(=O)N1CCCC1c1cc(C)no1. The van der Waals surface area contributed by atoms with Crippen molar-refractivity contribution in [3.05, 3.63) is 30.2 Å². The summed E-state index contributed by atoms with van der Waals surface area (Å²) in [4.78, 5) is 13.3. The van der Waals surface area contributed by atoms with Crippen molar-refractivity contribution in [3.8, 4) is 0 Å². The molecule has 0 aromatic carbocycles. The van der Waals surface area contributed by atoms with Crippen molar-refractivity contribution in [2.45, 2.75) is 25.8 Å². The Kier molecular flexibility index (Phi) is 2.58. The molecule has 2 heterocycles. The van der Waals surface area contributed by atoms with Gasteiger partial charge in [-0.05, 0) is 25.8 Å². The highest BCUT2D eigenvalue weighted by atomic mass is 16.5. The third-order valence-electron chi connectivity index (χ3n) is 2.69. The van der Waals surface area contributed by atoms with E-state index < -0.39 is 0 Å². The molecular weight excluding hydrogens is 192 g/mol. The molecule has 1 amide bonds. The van der Waals surface area contributed by atoms with Crippen LogP contribution in [-0.2, 0) is 4.79 Å². The van der Waals surface area contributed by atoms with Crippen molar-refractivity contribution < 1.29 is 9.32 Å². The third kappa shape index (κ3) is 1.79. The first kappa shape index (κ1) is 9.96. The lowest BCUT2D eigenvalue weighted by Crippen LogP contribution is -2.28. The van der Waals surface area contributed by atoms with Crippen LogP contribution in [0.4, 0.5) is 0 Å². The molecule has 1 aliphatic heterocycles. The Morgan fingerprint density at radius 2 is 2.60 bits per heavy atom. The molecule has 1 aromatic heterocycles. The van der Waals surface area contributed by atoms with E-state index in [4.69, 9.17) is 4.52 Å². The summed E-state index contributed by atoms with van der Waals surface area (Å²) in [5.74, 6) is 0.742. The van der Waals surface area contributed by atoms with E-state index >= 15 is 0 Å². The quantitative estimate of drug-likeness (QED) is 0.693. The first-order valence-corrected chi connectivity index (χ1v) is 5.08. The van der Waals surface area contributed by atoms with Gasteiger partial charge in [0.25, 0.3) is 0 Å². The van der Waals surface area contributed by atoms with Crippen LogP contribution in [0.15, 0.2) is 23.2 Å². The number of carbonyl (C=O) groups is 1. The molecule has 15 heavy (non-hydrogen) atoms. The zero-order valence-electron chi connectivity index (χ0n) is 8.77. The standard InChI is InChI=1S/C11H14N2O2/c1-3-11(14)13-6-4-5-9(13)10-7-8(2)12-15-10/h3,7,9H,1,4-6H2,2H3. The molecule has 0 aliphatic carbocycles. The lowest BCUT2D eigenvalue weighted by atomic mass is 10.1. The van der Waals surface area contributed by atoms with Gasteiger partial charge < -0.3 is 9.42 Å². The van der Waals surface area contributed by atoms with E-state index in [1.165, 1.54) is 6.08 Å². The van der Waals surface area contributed by atoms with E-state index in [1.807, 2.05) is 13.0 Å². The highest BCUT2D eigenvalue weighted by Gasteiger charge is 2.31. The third-order valence-corrected chi connectivity index (χ3v) is 2.69. The fourth-order valence-corrected chi connectivity index (χ4v) is 1.98. The number of carbonyl (C=O) groups excluding carboxylic acids is 1. The van der Waals surface area contributed by atoms with E-state index in [0.717, 1.165) is 30.8 Å². The summed E-state index contributed by atoms with van der Waals surface area (Å²) >= 11 is 0. The van der Waals surface area contributed by atoms with Gasteiger partial charge in [0.1, 0.15) is 0 Å². The number of nitrogens with zero attached hydrogens (tertiary/aromatic N) is 2. The minimum absolute atomic E-state index is 0.0356. The van der Waals surface area contributed by atoms with Crippen molar-refractivity contribution in [1.82, 2.24) is 10.1 Å². The van der Waals surface area contributed by atoms with Crippen LogP contribution in [0.1, 0.15) is 30.3 Å². The van der Waals surface area contributed by atoms with E-state index in [-0.39, 0.29) is 11.9 Å². The fraction of sp³-hybridized carbons (Fsp3) is 0.455. The average Bonchev–Trinajstić information content (AvgIpc) is 2.84. The van der Waals surface area contributed by atoms with Gasteiger partial charge in [0.2, 0.25) is 5.91 Å². The van der Waals surface area contributed by atoms with E-state index in [9.17, 15) is 4.79 Å². The monoisotopic (exact) mass is 206 g/mol. The average molecular weight is 206 g/mol. The number of hydrogen-bond donors (Lipinski definition) is 0. The Labute approximate surface area is 88.5 Å². The Balaban J connectivity index is 2.21. The van der Waals surface area contributed by atoms with Crippen molar-refractivity contribution in [3.63, 3.8) is 0 Å². The maximum atomic E-state index is 11.6. The van der Waals surface area contributed by atoms with Crippen LogP contribution < -0.4 is 0 Å². The second-order valence-corrected chi connectivity index (χ2v) is 3.76. The van der Waals surface area contributed by atoms with Crippen LogP contribution >= 0.6 is 0 Å². The second kappa shape index (κ2) is 3.88. The largest absolute Gasteiger partial charge is 0.359 e. The maximum absolute atomic E-state index is 11.6. The van der Waals surface area contributed by atoms with Gasteiger partial charge in [0, 0.05) is 12.6 Å². The maximum Gasteiger partial charge on any atom is 0.246 e. The van der Waals surface area contributed by atoms with Gasteiger partial charge in [-0.15, -0.1) is 0 Å². The molecule has 4 nitrogen and oxygen atoms in total. The first-order valence-electron chi connectivity index (χ1n) is 5.08. The molecule has 2 rings (SSSR count). The normalized spacial score (nSPS) is 20.6. The Morgan fingerprint density at radius 3 is 3.20 bits per heavy atom. The molecule has 4 heteroatoms. The van der Waals surface area contributed by atoms with Gasteiger partial charge >= 0.3 is 0 Å². The van der Waals surface area contributed by atoms with Gasteiger partial charge in [-0.1, -0.05) is 11.7 Å². The predicted molar refractivity (Wildman–Crippen MR) is 55.1 cm³/mol. The Morgan fingerprint density at radius 1 is 1.80 bits per heavy atom. The lowest BCUT2D eigenvalue weighted by molar-refractivity contribution is -0.127. The minimum atomic E-state index is -0.0356. The molecule has 0 N–H and O–H groups in total. The first-order chi connectivity index (χ1) is 7.22. The van der Waals surface area contributed by atoms with Crippen molar-refractivity contribution in [2.75, 3.05) is 6.54 Å². The summed E-state index contributed by atoms with van der Waals surface area (Å²) in [6.07, 6.45) is 3.29. The van der Waals surface area contributed by atoms with Crippen LogP contribution in [0.5, 0.6) is 0 Å². The van der Waals surface area contributed by atoms with Crippen LogP contribution in [0.25, 0.3) is 0 Å². The minimum Gasteiger partial charge on any atom is -0.359 e. The molecule has 0 radical (unpaired) electrons. The van der Waals surface area contributed by atoms with Crippen LogP contribution in [0.3, 0.4) is 0 Å². The topological polar surface area (TPSA) is 46.3 Å². The lowest BCUT2D eigenvalue weighted by Gasteiger charge is -2.20. The van der Waals surface area contributed by atoms with Crippen molar-refractivity contribution in [1.29, 1.82) is 0 Å². The van der Waals surface area contributed by atoms with Crippen LogP contribution in [0.2, 0.25) is 0 Å². The Bertz CT molecular complexity index is 384. The summed E-state index contributed by atoms with van der Waals surface area (Å²) in [7, 11) is 0. The van der Waals surface area contributed by atoms with Gasteiger partial charge in [-0.2, -0.15) is 0 Å². The predicted octanol–water partition coefficient (Wildman–Crippen LogP) is 1.83. The number of rotatable bonds is 2. The van der Waals surface area contributed by atoms with Crippen molar-refractivity contribution >= 4 is 5.91 Å². The zero-order valence-corrected chi connectivity index (χ0v) is 8.77. The summed E-state index contributed by atoms with van der Waals surface area (Å²) in [5.41, 5.74) is 0.850. The number of likely N-dealkylation sites (tertiary alicyclic amines) is 1. The number of hydrogen-bond acceptors (Lipinski definition) is 3. The second-order valence-electron chi connectivity index (χ2n) is 3.76. The highest BCUT2D eigenvalue weighted by molar-refractivity contribution is 5.87. The number of amides is 1.